The Labute approximate surface area is 91.6 Å². The molecule has 0 radical (unpaired) electrons. The Morgan fingerprint density at radius 2 is 2.14 bits per heavy atom. The summed E-state index contributed by atoms with van der Waals surface area (Å²) in [5, 5.41) is 10.2. The molecule has 2 nitrogen and oxygen atoms in total. The summed E-state index contributed by atoms with van der Waals surface area (Å²) in [6.07, 6.45) is 3.56. The van der Waals surface area contributed by atoms with Crippen LogP contribution >= 0.6 is 11.8 Å². The summed E-state index contributed by atoms with van der Waals surface area (Å²) in [6, 6.07) is 0. The van der Waals surface area contributed by atoms with Gasteiger partial charge >= 0.3 is 0 Å². The fraction of sp³-hybridized carbons (Fsp3) is 1.00. The molecule has 14 heavy (non-hydrogen) atoms. The van der Waals surface area contributed by atoms with E-state index in [2.05, 4.69) is 13.8 Å². The van der Waals surface area contributed by atoms with Crippen molar-refractivity contribution in [3.05, 3.63) is 0 Å². The zero-order valence-corrected chi connectivity index (χ0v) is 10.1. The van der Waals surface area contributed by atoms with Gasteiger partial charge < -0.3 is 10.8 Å². The van der Waals surface area contributed by atoms with E-state index in [-0.39, 0.29) is 0 Å². The highest BCUT2D eigenvalue weighted by atomic mass is 32.2. The average Bonchev–Trinajstić information content (AvgIpc) is 2.95. The lowest BCUT2D eigenvalue weighted by atomic mass is 10.0. The minimum atomic E-state index is -0.568. The molecule has 3 N–H and O–H groups in total. The molecule has 1 rings (SSSR count). The van der Waals surface area contributed by atoms with Crippen LogP contribution in [0.4, 0.5) is 0 Å². The highest BCUT2D eigenvalue weighted by molar-refractivity contribution is 7.99. The second-order valence-corrected chi connectivity index (χ2v) is 5.92. The van der Waals surface area contributed by atoms with Crippen molar-refractivity contribution in [3.63, 3.8) is 0 Å². The summed E-state index contributed by atoms with van der Waals surface area (Å²) >= 11 is 1.85. The minimum Gasteiger partial charge on any atom is -0.387 e. The van der Waals surface area contributed by atoms with Crippen LogP contribution in [0.1, 0.15) is 33.1 Å². The minimum absolute atomic E-state index is 0.423. The first kappa shape index (κ1) is 12.3. The maximum atomic E-state index is 10.2. The number of thioether (sulfide) groups is 1. The second-order valence-electron chi connectivity index (χ2n) is 4.82. The van der Waals surface area contributed by atoms with Gasteiger partial charge in [-0.15, -0.1) is 0 Å². The van der Waals surface area contributed by atoms with Gasteiger partial charge in [0.1, 0.15) is 0 Å². The number of nitrogens with two attached hydrogens (primary N) is 1. The fourth-order valence-electron chi connectivity index (χ4n) is 1.53. The molecule has 0 spiro atoms. The predicted molar refractivity (Wildman–Crippen MR) is 63.5 cm³/mol. The second kappa shape index (κ2) is 5.38. The summed E-state index contributed by atoms with van der Waals surface area (Å²) in [7, 11) is 0. The predicted octanol–water partition coefficient (Wildman–Crippen LogP) is 1.87. The van der Waals surface area contributed by atoms with Gasteiger partial charge in [0.15, 0.2) is 0 Å². The third-order valence-corrected chi connectivity index (χ3v) is 4.11. The topological polar surface area (TPSA) is 46.2 Å². The van der Waals surface area contributed by atoms with Crippen molar-refractivity contribution in [2.45, 2.75) is 38.7 Å². The molecule has 84 valence electrons. The Morgan fingerprint density at radius 1 is 1.50 bits per heavy atom. The molecule has 1 fully saturated rings. The molecule has 0 aromatic carbocycles. The van der Waals surface area contributed by atoms with Gasteiger partial charge in [0.2, 0.25) is 0 Å². The van der Waals surface area contributed by atoms with Crippen LogP contribution in [0.2, 0.25) is 0 Å². The van der Waals surface area contributed by atoms with Gasteiger partial charge in [-0.05, 0) is 36.9 Å². The summed E-state index contributed by atoms with van der Waals surface area (Å²) in [5.74, 6) is 3.21. The SMILES string of the molecule is CC(C)CCSCC(O)(CN)C1CC1. The quantitative estimate of drug-likeness (QED) is 0.640. The lowest BCUT2D eigenvalue weighted by molar-refractivity contribution is 0.0510. The maximum Gasteiger partial charge on any atom is 0.0887 e. The van der Waals surface area contributed by atoms with Crippen LogP contribution in [-0.4, -0.2) is 28.8 Å². The molecule has 0 aromatic rings. The molecule has 3 heteroatoms. The Bertz CT molecular complexity index is 171. The van der Waals surface area contributed by atoms with Crippen LogP contribution in [0.15, 0.2) is 0 Å². The fourth-order valence-corrected chi connectivity index (χ4v) is 3.02. The zero-order valence-electron chi connectivity index (χ0n) is 9.33. The maximum absolute atomic E-state index is 10.2. The van der Waals surface area contributed by atoms with Gasteiger partial charge in [-0.2, -0.15) is 11.8 Å². The van der Waals surface area contributed by atoms with E-state index in [1.807, 2.05) is 11.8 Å². The molecular formula is C11H23NOS. The molecule has 0 bridgehead atoms. The van der Waals surface area contributed by atoms with Crippen LogP contribution in [0.3, 0.4) is 0 Å². The normalized spacial score (nSPS) is 21.2. The van der Waals surface area contributed by atoms with Crippen molar-refractivity contribution in [3.8, 4) is 0 Å². The molecule has 0 amide bonds. The van der Waals surface area contributed by atoms with E-state index >= 15 is 0 Å². The van der Waals surface area contributed by atoms with Gasteiger partial charge in [-0.25, -0.2) is 0 Å². The molecule has 0 heterocycles. The third-order valence-electron chi connectivity index (χ3n) is 2.88. The molecule has 0 aliphatic heterocycles. The Kier molecular flexibility index (Phi) is 4.74. The monoisotopic (exact) mass is 217 g/mol. The van der Waals surface area contributed by atoms with Crippen molar-refractivity contribution in [2.24, 2.45) is 17.6 Å². The highest BCUT2D eigenvalue weighted by Gasteiger charge is 2.42. The first-order chi connectivity index (χ1) is 6.58. The average molecular weight is 217 g/mol. The van der Waals surface area contributed by atoms with Gasteiger partial charge in [-0.1, -0.05) is 13.8 Å². The van der Waals surface area contributed by atoms with Gasteiger partial charge in [0.25, 0.3) is 0 Å². The molecule has 0 saturated heterocycles. The first-order valence-electron chi connectivity index (χ1n) is 5.58. The van der Waals surface area contributed by atoms with E-state index in [9.17, 15) is 5.11 Å². The van der Waals surface area contributed by atoms with E-state index in [0.717, 1.165) is 17.4 Å². The van der Waals surface area contributed by atoms with E-state index in [1.165, 1.54) is 19.3 Å². The van der Waals surface area contributed by atoms with E-state index in [4.69, 9.17) is 5.73 Å². The smallest absolute Gasteiger partial charge is 0.0887 e. The van der Waals surface area contributed by atoms with Crippen molar-refractivity contribution >= 4 is 11.8 Å². The molecule has 0 aromatic heterocycles. The number of hydrogen-bond acceptors (Lipinski definition) is 3. The largest absolute Gasteiger partial charge is 0.387 e. The number of aliphatic hydroxyl groups is 1. The molecule has 1 unspecified atom stereocenters. The van der Waals surface area contributed by atoms with Gasteiger partial charge in [0.05, 0.1) is 5.60 Å². The van der Waals surface area contributed by atoms with Crippen molar-refractivity contribution < 1.29 is 5.11 Å². The zero-order chi connectivity index (χ0) is 10.6. The van der Waals surface area contributed by atoms with Gasteiger partial charge in [0, 0.05) is 12.3 Å². The Morgan fingerprint density at radius 3 is 2.57 bits per heavy atom. The Hall–Kier alpha value is 0.270. The lowest BCUT2D eigenvalue weighted by Gasteiger charge is -2.26. The summed E-state index contributed by atoms with van der Waals surface area (Å²) in [4.78, 5) is 0. The van der Waals surface area contributed by atoms with Crippen LogP contribution in [0, 0.1) is 11.8 Å². The van der Waals surface area contributed by atoms with E-state index in [0.29, 0.717) is 12.5 Å². The molecule has 1 aliphatic carbocycles. The standard InChI is InChI=1S/C11H23NOS/c1-9(2)5-6-14-8-11(13,7-12)10-3-4-10/h9-10,13H,3-8,12H2,1-2H3. The van der Waals surface area contributed by atoms with Gasteiger partial charge in [-0.3, -0.25) is 0 Å². The van der Waals surface area contributed by atoms with Crippen molar-refractivity contribution in [1.29, 1.82) is 0 Å². The summed E-state index contributed by atoms with van der Waals surface area (Å²) in [5.41, 5.74) is 5.06. The summed E-state index contributed by atoms with van der Waals surface area (Å²) in [6.45, 7) is 4.89. The van der Waals surface area contributed by atoms with Crippen LogP contribution < -0.4 is 5.73 Å². The van der Waals surface area contributed by atoms with Crippen LogP contribution in [0.25, 0.3) is 0 Å². The number of hydrogen-bond donors (Lipinski definition) is 2. The Balaban J connectivity index is 2.14. The molecule has 1 atom stereocenters. The first-order valence-corrected chi connectivity index (χ1v) is 6.74. The van der Waals surface area contributed by atoms with Crippen LogP contribution in [-0.2, 0) is 0 Å². The lowest BCUT2D eigenvalue weighted by Crippen LogP contribution is -2.42. The van der Waals surface area contributed by atoms with Crippen molar-refractivity contribution in [2.75, 3.05) is 18.1 Å². The van der Waals surface area contributed by atoms with Crippen molar-refractivity contribution in [1.82, 2.24) is 0 Å². The highest BCUT2D eigenvalue weighted by Crippen LogP contribution is 2.40. The molecule has 1 saturated carbocycles. The molecular weight excluding hydrogens is 194 g/mol. The number of rotatable bonds is 7. The third kappa shape index (κ3) is 3.79. The van der Waals surface area contributed by atoms with E-state index in [1.54, 1.807) is 0 Å². The van der Waals surface area contributed by atoms with Crippen LogP contribution in [0.5, 0.6) is 0 Å². The summed E-state index contributed by atoms with van der Waals surface area (Å²) < 4.78 is 0. The molecule has 1 aliphatic rings. The van der Waals surface area contributed by atoms with E-state index < -0.39 is 5.60 Å².